The minimum Gasteiger partial charge on any atom is -0.488 e. The van der Waals surface area contributed by atoms with Crippen LogP contribution in [-0.4, -0.2) is 29.2 Å². The van der Waals surface area contributed by atoms with Gasteiger partial charge in [0.25, 0.3) is 0 Å². The summed E-state index contributed by atoms with van der Waals surface area (Å²) in [5.74, 6) is 1.89. The van der Waals surface area contributed by atoms with E-state index in [0.717, 1.165) is 46.5 Å². The van der Waals surface area contributed by atoms with Gasteiger partial charge in [0.2, 0.25) is 0 Å². The molecule has 0 aliphatic carbocycles. The lowest BCUT2D eigenvalue weighted by Crippen LogP contribution is -2.25. The molecule has 1 aliphatic rings. The summed E-state index contributed by atoms with van der Waals surface area (Å²) in [5, 5.41) is 1.15. The van der Waals surface area contributed by atoms with Gasteiger partial charge < -0.3 is 9.64 Å². The maximum absolute atomic E-state index is 6.01. The molecule has 0 spiro atoms. The van der Waals surface area contributed by atoms with E-state index < -0.39 is 0 Å². The summed E-state index contributed by atoms with van der Waals surface area (Å²) in [6.07, 6.45) is 4.71. The SMILES string of the molecule is Brc1ccc2nc(N3CC[C@@H](Oc4ccncc4)C3)ccc2c1. The van der Waals surface area contributed by atoms with E-state index >= 15 is 0 Å². The van der Waals surface area contributed by atoms with Gasteiger partial charge in [-0.25, -0.2) is 4.98 Å². The fourth-order valence-electron chi connectivity index (χ4n) is 2.90. The predicted molar refractivity (Wildman–Crippen MR) is 94.9 cm³/mol. The molecule has 0 saturated carbocycles. The summed E-state index contributed by atoms with van der Waals surface area (Å²) in [6.45, 7) is 1.82. The van der Waals surface area contributed by atoms with Gasteiger partial charge in [0.1, 0.15) is 17.7 Å². The zero-order valence-corrected chi connectivity index (χ0v) is 14.1. The largest absolute Gasteiger partial charge is 0.488 e. The number of halogens is 1. The summed E-state index contributed by atoms with van der Waals surface area (Å²) in [7, 11) is 0. The van der Waals surface area contributed by atoms with Gasteiger partial charge in [-0.15, -0.1) is 0 Å². The van der Waals surface area contributed by atoms with Gasteiger partial charge >= 0.3 is 0 Å². The Morgan fingerprint density at radius 3 is 2.83 bits per heavy atom. The lowest BCUT2D eigenvalue weighted by Gasteiger charge is -2.18. The highest BCUT2D eigenvalue weighted by Gasteiger charge is 2.25. The highest BCUT2D eigenvalue weighted by Crippen LogP contribution is 2.25. The van der Waals surface area contributed by atoms with Crippen molar-refractivity contribution in [3.8, 4) is 5.75 Å². The van der Waals surface area contributed by atoms with Crippen LogP contribution >= 0.6 is 15.9 Å². The van der Waals surface area contributed by atoms with E-state index in [1.54, 1.807) is 12.4 Å². The Hall–Kier alpha value is -2.14. The number of hydrogen-bond acceptors (Lipinski definition) is 4. The average Bonchev–Trinajstić information content (AvgIpc) is 3.04. The van der Waals surface area contributed by atoms with Crippen molar-refractivity contribution in [3.63, 3.8) is 0 Å². The molecule has 116 valence electrons. The van der Waals surface area contributed by atoms with Crippen LogP contribution in [0.1, 0.15) is 6.42 Å². The summed E-state index contributed by atoms with van der Waals surface area (Å²) >= 11 is 3.50. The van der Waals surface area contributed by atoms with Gasteiger partial charge in [-0.1, -0.05) is 15.9 Å². The highest BCUT2D eigenvalue weighted by atomic mass is 79.9. The number of anilines is 1. The number of fused-ring (bicyclic) bond motifs is 1. The van der Waals surface area contributed by atoms with Crippen LogP contribution in [0.15, 0.2) is 59.3 Å². The highest BCUT2D eigenvalue weighted by molar-refractivity contribution is 9.10. The first-order chi connectivity index (χ1) is 11.3. The van der Waals surface area contributed by atoms with Crippen molar-refractivity contribution in [2.45, 2.75) is 12.5 Å². The molecule has 1 fully saturated rings. The lowest BCUT2D eigenvalue weighted by atomic mass is 10.2. The summed E-state index contributed by atoms with van der Waals surface area (Å²) in [4.78, 5) is 11.1. The van der Waals surface area contributed by atoms with Gasteiger partial charge in [-0.05, 0) is 42.5 Å². The second kappa shape index (κ2) is 6.16. The molecule has 1 aliphatic heterocycles. The first-order valence-electron chi connectivity index (χ1n) is 7.66. The Morgan fingerprint density at radius 2 is 1.96 bits per heavy atom. The minimum atomic E-state index is 0.194. The molecule has 0 radical (unpaired) electrons. The standard InChI is InChI=1S/C18H16BrN3O/c19-14-2-3-17-13(11-14)1-4-18(21-17)22-10-7-16(12-22)23-15-5-8-20-9-6-15/h1-6,8-9,11,16H,7,10,12H2/t16-/m1/s1. The van der Waals surface area contributed by atoms with Crippen LogP contribution in [0, 0.1) is 0 Å². The Labute approximate surface area is 143 Å². The minimum absolute atomic E-state index is 0.194. The van der Waals surface area contributed by atoms with Crippen LogP contribution < -0.4 is 9.64 Å². The van der Waals surface area contributed by atoms with Crippen molar-refractivity contribution in [1.29, 1.82) is 0 Å². The van der Waals surface area contributed by atoms with E-state index in [9.17, 15) is 0 Å². The normalized spacial score (nSPS) is 17.6. The number of ether oxygens (including phenoxy) is 1. The topological polar surface area (TPSA) is 38.2 Å². The van der Waals surface area contributed by atoms with E-state index in [4.69, 9.17) is 9.72 Å². The van der Waals surface area contributed by atoms with Crippen LogP contribution in [0.2, 0.25) is 0 Å². The van der Waals surface area contributed by atoms with Gasteiger partial charge in [-0.3, -0.25) is 4.98 Å². The smallest absolute Gasteiger partial charge is 0.129 e. The second-order valence-electron chi connectivity index (χ2n) is 5.66. The summed E-state index contributed by atoms with van der Waals surface area (Å²) in [6, 6.07) is 14.2. The third-order valence-corrected chi connectivity index (χ3v) is 4.55. The molecule has 1 aromatic carbocycles. The van der Waals surface area contributed by atoms with Crippen molar-refractivity contribution in [1.82, 2.24) is 9.97 Å². The van der Waals surface area contributed by atoms with Gasteiger partial charge in [-0.2, -0.15) is 0 Å². The van der Waals surface area contributed by atoms with E-state index in [1.807, 2.05) is 24.3 Å². The molecule has 0 amide bonds. The van der Waals surface area contributed by atoms with Gasteiger partial charge in [0.05, 0.1) is 12.1 Å². The molecule has 0 bridgehead atoms. The number of rotatable bonds is 3. The molecular weight excluding hydrogens is 354 g/mol. The average molecular weight is 370 g/mol. The first kappa shape index (κ1) is 14.5. The molecule has 5 heteroatoms. The predicted octanol–water partition coefficient (Wildman–Crippen LogP) is 4.05. The van der Waals surface area contributed by atoms with E-state index in [0.29, 0.717) is 0 Å². The molecule has 0 N–H and O–H groups in total. The molecular formula is C18H16BrN3O. The molecule has 1 atom stereocenters. The number of pyridine rings is 2. The Kier molecular flexibility index (Phi) is 3.87. The van der Waals surface area contributed by atoms with Crippen molar-refractivity contribution < 1.29 is 4.74 Å². The zero-order chi connectivity index (χ0) is 15.6. The molecule has 4 nitrogen and oxygen atoms in total. The fraction of sp³-hybridized carbons (Fsp3) is 0.222. The molecule has 2 aromatic heterocycles. The molecule has 3 aromatic rings. The third-order valence-electron chi connectivity index (χ3n) is 4.06. The summed E-state index contributed by atoms with van der Waals surface area (Å²) < 4.78 is 7.09. The molecule has 1 saturated heterocycles. The lowest BCUT2D eigenvalue weighted by molar-refractivity contribution is 0.224. The monoisotopic (exact) mass is 369 g/mol. The van der Waals surface area contributed by atoms with E-state index in [-0.39, 0.29) is 6.10 Å². The Balaban J connectivity index is 1.50. The van der Waals surface area contributed by atoms with Crippen molar-refractivity contribution in [3.05, 3.63) is 59.3 Å². The summed E-state index contributed by atoms with van der Waals surface area (Å²) in [5.41, 5.74) is 1.02. The Morgan fingerprint density at radius 1 is 1.09 bits per heavy atom. The number of benzene rings is 1. The number of nitrogens with zero attached hydrogens (tertiary/aromatic N) is 3. The van der Waals surface area contributed by atoms with Crippen LogP contribution in [-0.2, 0) is 0 Å². The van der Waals surface area contributed by atoms with Crippen molar-refractivity contribution in [2.24, 2.45) is 0 Å². The van der Waals surface area contributed by atoms with E-state index in [1.165, 1.54) is 0 Å². The Bertz CT molecular complexity index is 825. The zero-order valence-electron chi connectivity index (χ0n) is 12.5. The molecule has 4 rings (SSSR count). The van der Waals surface area contributed by atoms with Crippen LogP contribution in [0.3, 0.4) is 0 Å². The van der Waals surface area contributed by atoms with Crippen LogP contribution in [0.25, 0.3) is 10.9 Å². The van der Waals surface area contributed by atoms with Gasteiger partial charge in [0, 0.05) is 35.2 Å². The maximum atomic E-state index is 6.01. The maximum Gasteiger partial charge on any atom is 0.129 e. The fourth-order valence-corrected chi connectivity index (χ4v) is 3.28. The van der Waals surface area contributed by atoms with Crippen molar-refractivity contribution >= 4 is 32.7 Å². The first-order valence-corrected chi connectivity index (χ1v) is 8.45. The van der Waals surface area contributed by atoms with Crippen LogP contribution in [0.4, 0.5) is 5.82 Å². The van der Waals surface area contributed by atoms with Gasteiger partial charge in [0.15, 0.2) is 0 Å². The number of hydrogen-bond donors (Lipinski definition) is 0. The quantitative estimate of drug-likeness (QED) is 0.697. The number of aromatic nitrogens is 2. The van der Waals surface area contributed by atoms with Crippen LogP contribution in [0.5, 0.6) is 5.75 Å². The molecule has 3 heterocycles. The van der Waals surface area contributed by atoms with Crippen molar-refractivity contribution in [2.75, 3.05) is 18.0 Å². The molecule has 0 unspecified atom stereocenters. The second-order valence-corrected chi connectivity index (χ2v) is 6.58. The van der Waals surface area contributed by atoms with E-state index in [2.05, 4.69) is 44.0 Å². The molecule has 23 heavy (non-hydrogen) atoms. The third kappa shape index (κ3) is 3.15.